The molecule has 1 aromatic carbocycles. The zero-order valence-corrected chi connectivity index (χ0v) is 19.2. The number of aliphatic imine (C=N–C) groups is 1. The standard InChI is InChI=1S/C20H28N6O2.HI/c1-3-22-20(25-16-8-10-26(11-9-16)19(21)27)23-12-17-13-28-18(24-17)15-6-4-14(2)5-7-15;/h4-7,13,16H,3,8-12H2,1-2H3,(H2,21,27)(H2,22,23,25);1H. The maximum Gasteiger partial charge on any atom is 0.314 e. The van der Waals surface area contributed by atoms with Gasteiger partial charge in [-0.15, -0.1) is 24.0 Å². The SMILES string of the molecule is CCNC(=NCc1coc(-c2ccc(C)cc2)n1)NC1CCN(C(N)=O)CC1.I. The number of nitrogens with two attached hydrogens (primary N) is 1. The smallest absolute Gasteiger partial charge is 0.314 e. The van der Waals surface area contributed by atoms with Gasteiger partial charge in [0.05, 0.1) is 6.54 Å². The molecule has 2 aromatic rings. The van der Waals surface area contributed by atoms with E-state index in [1.54, 1.807) is 11.2 Å². The van der Waals surface area contributed by atoms with Crippen molar-refractivity contribution in [1.82, 2.24) is 20.5 Å². The Bertz CT molecular complexity index is 813. The first-order chi connectivity index (χ1) is 13.5. The molecule has 1 saturated heterocycles. The van der Waals surface area contributed by atoms with Crippen LogP contribution >= 0.6 is 24.0 Å². The van der Waals surface area contributed by atoms with Crippen LogP contribution in [0.25, 0.3) is 11.5 Å². The number of benzene rings is 1. The van der Waals surface area contributed by atoms with Crippen molar-refractivity contribution < 1.29 is 9.21 Å². The van der Waals surface area contributed by atoms with Gasteiger partial charge in [-0.3, -0.25) is 0 Å². The van der Waals surface area contributed by atoms with E-state index >= 15 is 0 Å². The fraction of sp³-hybridized carbons (Fsp3) is 0.450. The van der Waals surface area contributed by atoms with E-state index < -0.39 is 0 Å². The normalized spacial score (nSPS) is 15.0. The molecule has 1 aliphatic heterocycles. The number of halogens is 1. The molecule has 0 unspecified atom stereocenters. The van der Waals surface area contributed by atoms with Gasteiger partial charge < -0.3 is 25.7 Å². The zero-order chi connectivity index (χ0) is 19.9. The molecule has 29 heavy (non-hydrogen) atoms. The fourth-order valence-corrected chi connectivity index (χ4v) is 3.13. The summed E-state index contributed by atoms with van der Waals surface area (Å²) in [6.07, 6.45) is 3.33. The van der Waals surface area contributed by atoms with Gasteiger partial charge in [0.1, 0.15) is 12.0 Å². The molecular weight excluding hydrogens is 483 g/mol. The van der Waals surface area contributed by atoms with E-state index in [-0.39, 0.29) is 36.0 Å². The third-order valence-electron chi connectivity index (χ3n) is 4.74. The first kappa shape index (κ1) is 23.0. The Morgan fingerprint density at radius 1 is 1.31 bits per heavy atom. The number of carbonyl (C=O) groups is 1. The maximum absolute atomic E-state index is 11.2. The van der Waals surface area contributed by atoms with Crippen molar-refractivity contribution in [3.05, 3.63) is 41.8 Å². The van der Waals surface area contributed by atoms with Crippen molar-refractivity contribution in [2.45, 2.75) is 39.3 Å². The quantitative estimate of drug-likeness (QED) is 0.325. The molecule has 0 atom stereocenters. The highest BCUT2D eigenvalue weighted by Crippen LogP contribution is 2.19. The number of amides is 2. The fourth-order valence-electron chi connectivity index (χ4n) is 3.13. The summed E-state index contributed by atoms with van der Waals surface area (Å²) in [7, 11) is 0. The van der Waals surface area contributed by atoms with Crippen molar-refractivity contribution in [3.8, 4) is 11.5 Å². The summed E-state index contributed by atoms with van der Waals surface area (Å²) < 4.78 is 5.60. The lowest BCUT2D eigenvalue weighted by Crippen LogP contribution is -2.50. The highest BCUT2D eigenvalue weighted by molar-refractivity contribution is 14.0. The number of carbonyl (C=O) groups excluding carboxylic acids is 1. The minimum absolute atomic E-state index is 0. The lowest BCUT2D eigenvalue weighted by atomic mass is 10.1. The largest absolute Gasteiger partial charge is 0.444 e. The summed E-state index contributed by atoms with van der Waals surface area (Å²) >= 11 is 0. The molecule has 0 aliphatic carbocycles. The van der Waals surface area contributed by atoms with E-state index in [2.05, 4.69) is 20.6 Å². The highest BCUT2D eigenvalue weighted by Gasteiger charge is 2.21. The number of hydrogen-bond acceptors (Lipinski definition) is 4. The molecule has 1 fully saturated rings. The van der Waals surface area contributed by atoms with E-state index in [9.17, 15) is 4.79 Å². The molecule has 8 nitrogen and oxygen atoms in total. The molecule has 158 valence electrons. The number of piperidine rings is 1. The van der Waals surface area contributed by atoms with Gasteiger partial charge in [-0.25, -0.2) is 14.8 Å². The minimum Gasteiger partial charge on any atom is -0.444 e. The molecule has 0 saturated carbocycles. The van der Waals surface area contributed by atoms with E-state index in [0.717, 1.165) is 36.6 Å². The van der Waals surface area contributed by atoms with Crippen LogP contribution in [-0.4, -0.2) is 47.6 Å². The van der Waals surface area contributed by atoms with Crippen LogP contribution in [-0.2, 0) is 6.54 Å². The number of aromatic nitrogens is 1. The number of aryl methyl sites for hydroxylation is 1. The monoisotopic (exact) mass is 512 g/mol. The second kappa shape index (κ2) is 11.0. The number of primary amides is 1. The van der Waals surface area contributed by atoms with E-state index in [1.807, 2.05) is 38.1 Å². The summed E-state index contributed by atoms with van der Waals surface area (Å²) in [5.74, 6) is 1.34. The number of guanidine groups is 1. The number of hydrogen-bond donors (Lipinski definition) is 3. The molecule has 1 aliphatic rings. The first-order valence-corrected chi connectivity index (χ1v) is 9.66. The van der Waals surface area contributed by atoms with Crippen LogP contribution in [0.15, 0.2) is 39.9 Å². The Morgan fingerprint density at radius 2 is 2.00 bits per heavy atom. The Labute approximate surface area is 188 Å². The van der Waals surface area contributed by atoms with E-state index in [4.69, 9.17) is 10.2 Å². The van der Waals surface area contributed by atoms with Gasteiger partial charge in [0.15, 0.2) is 5.96 Å². The van der Waals surface area contributed by atoms with Gasteiger partial charge in [0, 0.05) is 31.2 Å². The predicted octanol–water partition coefficient (Wildman–Crippen LogP) is 2.87. The maximum atomic E-state index is 11.2. The molecule has 0 radical (unpaired) electrons. The molecule has 1 aromatic heterocycles. The first-order valence-electron chi connectivity index (χ1n) is 9.66. The zero-order valence-electron chi connectivity index (χ0n) is 16.9. The van der Waals surface area contributed by atoms with Gasteiger partial charge in [0.25, 0.3) is 0 Å². The third-order valence-corrected chi connectivity index (χ3v) is 4.74. The topological polar surface area (TPSA) is 109 Å². The van der Waals surface area contributed by atoms with Crippen molar-refractivity contribution >= 4 is 36.0 Å². The van der Waals surface area contributed by atoms with Gasteiger partial charge in [-0.05, 0) is 38.8 Å². The van der Waals surface area contributed by atoms with Gasteiger partial charge in [-0.2, -0.15) is 0 Å². The van der Waals surface area contributed by atoms with Crippen LogP contribution in [0.3, 0.4) is 0 Å². The van der Waals surface area contributed by atoms with Crippen LogP contribution in [0.4, 0.5) is 4.79 Å². The second-order valence-electron chi connectivity index (χ2n) is 6.95. The Hall–Kier alpha value is -2.30. The Balaban J connectivity index is 0.00000300. The minimum atomic E-state index is -0.352. The van der Waals surface area contributed by atoms with Gasteiger partial charge in [-0.1, -0.05) is 17.7 Å². The van der Waals surface area contributed by atoms with Crippen LogP contribution in [0.5, 0.6) is 0 Å². The summed E-state index contributed by atoms with van der Waals surface area (Å²) in [5.41, 5.74) is 8.26. The number of likely N-dealkylation sites (tertiary alicyclic amines) is 1. The molecule has 4 N–H and O–H groups in total. The van der Waals surface area contributed by atoms with E-state index in [0.29, 0.717) is 25.5 Å². The summed E-state index contributed by atoms with van der Waals surface area (Å²) in [6, 6.07) is 7.97. The molecule has 9 heteroatoms. The lowest BCUT2D eigenvalue weighted by Gasteiger charge is -2.32. The van der Waals surface area contributed by atoms with E-state index in [1.165, 1.54) is 5.56 Å². The summed E-state index contributed by atoms with van der Waals surface area (Å²) in [6.45, 7) is 6.58. The Kier molecular flexibility index (Phi) is 8.74. The number of oxazole rings is 1. The van der Waals surface area contributed by atoms with Crippen molar-refractivity contribution in [2.24, 2.45) is 10.7 Å². The number of urea groups is 1. The summed E-state index contributed by atoms with van der Waals surface area (Å²) in [5, 5.41) is 6.69. The van der Waals surface area contributed by atoms with Crippen molar-refractivity contribution in [2.75, 3.05) is 19.6 Å². The van der Waals surface area contributed by atoms with Crippen LogP contribution in [0.2, 0.25) is 0 Å². The van der Waals surface area contributed by atoms with Crippen LogP contribution < -0.4 is 16.4 Å². The molecule has 0 spiro atoms. The van der Waals surface area contributed by atoms with Gasteiger partial charge in [0.2, 0.25) is 5.89 Å². The number of nitrogens with one attached hydrogen (secondary N) is 2. The average molecular weight is 512 g/mol. The molecule has 3 rings (SSSR count). The molecule has 0 bridgehead atoms. The highest BCUT2D eigenvalue weighted by atomic mass is 127. The van der Waals surface area contributed by atoms with Crippen molar-refractivity contribution in [3.63, 3.8) is 0 Å². The Morgan fingerprint density at radius 3 is 2.62 bits per heavy atom. The molecule has 2 amide bonds. The van der Waals surface area contributed by atoms with Gasteiger partial charge >= 0.3 is 6.03 Å². The third kappa shape index (κ3) is 6.62. The van der Waals surface area contributed by atoms with Crippen LogP contribution in [0.1, 0.15) is 31.0 Å². The lowest BCUT2D eigenvalue weighted by molar-refractivity contribution is 0.188. The van der Waals surface area contributed by atoms with Crippen LogP contribution in [0, 0.1) is 6.92 Å². The second-order valence-corrected chi connectivity index (χ2v) is 6.95. The average Bonchev–Trinajstić information content (AvgIpc) is 3.16. The predicted molar refractivity (Wildman–Crippen MR) is 124 cm³/mol. The molecular formula is C20H29IN6O2. The number of rotatable bonds is 5. The molecule has 2 heterocycles. The number of nitrogens with zero attached hydrogens (tertiary/aromatic N) is 3. The summed E-state index contributed by atoms with van der Waals surface area (Å²) in [4.78, 5) is 22.1. The van der Waals surface area contributed by atoms with Crippen molar-refractivity contribution in [1.29, 1.82) is 0 Å².